The van der Waals surface area contributed by atoms with Gasteiger partial charge < -0.3 is 10.1 Å². The molecule has 0 radical (unpaired) electrons. The highest BCUT2D eigenvalue weighted by Crippen LogP contribution is 2.18. The molecule has 2 rings (SSSR count). The lowest BCUT2D eigenvalue weighted by molar-refractivity contribution is -0.140. The van der Waals surface area contributed by atoms with Gasteiger partial charge in [-0.15, -0.1) is 0 Å². The SMILES string of the molecule is COC(=O)CCNC(=O)/C=C/c1c(C)nn(-c2ccccc2)c1C. The van der Waals surface area contributed by atoms with E-state index in [1.54, 1.807) is 6.08 Å². The Labute approximate surface area is 141 Å². The van der Waals surface area contributed by atoms with Crippen LogP contribution in [-0.4, -0.2) is 35.3 Å². The Morgan fingerprint density at radius 1 is 1.25 bits per heavy atom. The third kappa shape index (κ3) is 4.32. The molecule has 1 heterocycles. The minimum absolute atomic E-state index is 0.153. The number of hydrogen-bond donors (Lipinski definition) is 1. The standard InChI is InChI=1S/C18H21N3O3/c1-13-16(9-10-17(22)19-12-11-18(23)24-3)14(2)21(20-13)15-7-5-4-6-8-15/h4-10H,11-12H2,1-3H3,(H,19,22)/b10-9+. The summed E-state index contributed by atoms with van der Waals surface area (Å²) in [5.74, 6) is -0.611. The van der Waals surface area contributed by atoms with Crippen molar-refractivity contribution in [3.63, 3.8) is 0 Å². The summed E-state index contributed by atoms with van der Waals surface area (Å²) in [6.07, 6.45) is 3.34. The second-order valence-electron chi connectivity index (χ2n) is 5.28. The number of nitrogens with one attached hydrogen (secondary N) is 1. The predicted molar refractivity (Wildman–Crippen MR) is 91.7 cm³/mol. The molecular formula is C18H21N3O3. The van der Waals surface area contributed by atoms with Gasteiger partial charge in [0.1, 0.15) is 0 Å². The number of methoxy groups -OCH3 is 1. The second-order valence-corrected chi connectivity index (χ2v) is 5.28. The molecule has 1 N–H and O–H groups in total. The molecule has 0 bridgehead atoms. The van der Waals surface area contributed by atoms with Crippen molar-refractivity contribution in [2.75, 3.05) is 13.7 Å². The van der Waals surface area contributed by atoms with E-state index in [9.17, 15) is 9.59 Å². The number of aromatic nitrogens is 2. The van der Waals surface area contributed by atoms with Crippen LogP contribution in [0.1, 0.15) is 23.4 Å². The fourth-order valence-corrected chi connectivity index (χ4v) is 2.32. The highest BCUT2D eigenvalue weighted by Gasteiger charge is 2.10. The highest BCUT2D eigenvalue weighted by atomic mass is 16.5. The molecule has 2 aromatic rings. The first-order chi connectivity index (χ1) is 11.5. The predicted octanol–water partition coefficient (Wildman–Crippen LogP) is 2.18. The zero-order chi connectivity index (χ0) is 17.5. The van der Waals surface area contributed by atoms with E-state index in [-0.39, 0.29) is 24.8 Å². The summed E-state index contributed by atoms with van der Waals surface area (Å²) in [4.78, 5) is 22.8. The van der Waals surface area contributed by atoms with Crippen molar-refractivity contribution in [2.24, 2.45) is 0 Å². The number of amides is 1. The molecule has 0 saturated heterocycles. The maximum absolute atomic E-state index is 11.8. The number of carbonyl (C=O) groups is 2. The number of aryl methyl sites for hydroxylation is 1. The van der Waals surface area contributed by atoms with E-state index >= 15 is 0 Å². The number of ether oxygens (including phenoxy) is 1. The van der Waals surface area contributed by atoms with Crippen LogP contribution < -0.4 is 5.32 Å². The quantitative estimate of drug-likeness (QED) is 0.652. The molecule has 0 fully saturated rings. The van der Waals surface area contributed by atoms with E-state index in [4.69, 9.17) is 0 Å². The van der Waals surface area contributed by atoms with Gasteiger partial charge in [0.15, 0.2) is 0 Å². The molecule has 0 atom stereocenters. The van der Waals surface area contributed by atoms with Crippen molar-refractivity contribution in [1.29, 1.82) is 0 Å². The zero-order valence-electron chi connectivity index (χ0n) is 14.1. The van der Waals surface area contributed by atoms with E-state index < -0.39 is 0 Å². The molecule has 0 spiro atoms. The van der Waals surface area contributed by atoms with Crippen molar-refractivity contribution in [3.05, 3.63) is 53.4 Å². The van der Waals surface area contributed by atoms with Crippen molar-refractivity contribution in [2.45, 2.75) is 20.3 Å². The number of nitrogens with zero attached hydrogens (tertiary/aromatic N) is 2. The van der Waals surface area contributed by atoms with E-state index in [0.717, 1.165) is 22.6 Å². The molecule has 6 heteroatoms. The van der Waals surface area contributed by atoms with Gasteiger partial charge in [0.25, 0.3) is 0 Å². The highest BCUT2D eigenvalue weighted by molar-refractivity contribution is 5.92. The van der Waals surface area contributed by atoms with Crippen molar-refractivity contribution >= 4 is 18.0 Å². The summed E-state index contributed by atoms with van der Waals surface area (Å²) >= 11 is 0. The van der Waals surface area contributed by atoms with E-state index in [1.165, 1.54) is 13.2 Å². The first kappa shape index (κ1) is 17.5. The first-order valence-corrected chi connectivity index (χ1v) is 7.67. The Balaban J connectivity index is 2.06. The van der Waals surface area contributed by atoms with Crippen molar-refractivity contribution in [3.8, 4) is 5.69 Å². The average Bonchev–Trinajstić information content (AvgIpc) is 2.88. The first-order valence-electron chi connectivity index (χ1n) is 7.67. The van der Waals surface area contributed by atoms with Crippen LogP contribution >= 0.6 is 0 Å². The van der Waals surface area contributed by atoms with Crippen LogP contribution in [0.4, 0.5) is 0 Å². The number of rotatable bonds is 6. The number of hydrogen-bond acceptors (Lipinski definition) is 4. The fourth-order valence-electron chi connectivity index (χ4n) is 2.32. The van der Waals surface area contributed by atoms with Gasteiger partial charge in [0.05, 0.1) is 24.9 Å². The van der Waals surface area contributed by atoms with Crippen LogP contribution in [0.5, 0.6) is 0 Å². The Kier molecular flexibility index (Phi) is 5.89. The summed E-state index contributed by atoms with van der Waals surface area (Å²) < 4.78 is 6.37. The van der Waals surface area contributed by atoms with Gasteiger partial charge in [-0.3, -0.25) is 9.59 Å². The lowest BCUT2D eigenvalue weighted by Crippen LogP contribution is -2.24. The minimum Gasteiger partial charge on any atom is -0.469 e. The molecule has 1 aromatic heterocycles. The number of para-hydroxylation sites is 1. The number of benzene rings is 1. The van der Waals surface area contributed by atoms with Gasteiger partial charge >= 0.3 is 5.97 Å². The topological polar surface area (TPSA) is 73.2 Å². The van der Waals surface area contributed by atoms with E-state index in [2.05, 4.69) is 15.2 Å². The monoisotopic (exact) mass is 327 g/mol. The molecule has 1 aromatic carbocycles. The van der Waals surface area contributed by atoms with Gasteiger partial charge in [-0.25, -0.2) is 4.68 Å². The fraction of sp³-hybridized carbons (Fsp3) is 0.278. The Morgan fingerprint density at radius 3 is 2.62 bits per heavy atom. The maximum Gasteiger partial charge on any atom is 0.307 e. The maximum atomic E-state index is 11.8. The summed E-state index contributed by atoms with van der Waals surface area (Å²) in [5.41, 5.74) is 3.68. The van der Waals surface area contributed by atoms with Crippen LogP contribution in [0, 0.1) is 13.8 Å². The lowest BCUT2D eigenvalue weighted by atomic mass is 10.2. The van der Waals surface area contributed by atoms with Crippen LogP contribution in [0.15, 0.2) is 36.4 Å². The normalized spacial score (nSPS) is 10.8. The van der Waals surface area contributed by atoms with Crippen LogP contribution in [-0.2, 0) is 14.3 Å². The number of esters is 1. The molecule has 0 saturated carbocycles. The summed E-state index contributed by atoms with van der Waals surface area (Å²) in [6.45, 7) is 4.11. The largest absolute Gasteiger partial charge is 0.469 e. The lowest BCUT2D eigenvalue weighted by Gasteiger charge is -2.03. The summed E-state index contributed by atoms with van der Waals surface area (Å²) in [5, 5.41) is 7.17. The Morgan fingerprint density at radius 2 is 1.96 bits per heavy atom. The van der Waals surface area contributed by atoms with Gasteiger partial charge in [-0.1, -0.05) is 18.2 Å². The molecule has 1 amide bonds. The molecule has 126 valence electrons. The van der Waals surface area contributed by atoms with Crippen LogP contribution in [0.2, 0.25) is 0 Å². The molecule has 6 nitrogen and oxygen atoms in total. The van der Waals surface area contributed by atoms with E-state index in [0.29, 0.717) is 0 Å². The molecule has 0 unspecified atom stereocenters. The molecule has 0 aliphatic rings. The van der Waals surface area contributed by atoms with Crippen LogP contribution in [0.3, 0.4) is 0 Å². The zero-order valence-corrected chi connectivity index (χ0v) is 14.1. The van der Waals surface area contributed by atoms with Crippen molar-refractivity contribution in [1.82, 2.24) is 15.1 Å². The van der Waals surface area contributed by atoms with E-state index in [1.807, 2.05) is 48.9 Å². The molecule has 0 aliphatic carbocycles. The summed E-state index contributed by atoms with van der Waals surface area (Å²) in [6, 6.07) is 9.82. The smallest absolute Gasteiger partial charge is 0.307 e. The molecular weight excluding hydrogens is 306 g/mol. The number of carbonyl (C=O) groups excluding carboxylic acids is 2. The van der Waals surface area contributed by atoms with Gasteiger partial charge in [0.2, 0.25) is 5.91 Å². The van der Waals surface area contributed by atoms with Crippen LogP contribution in [0.25, 0.3) is 11.8 Å². The van der Waals surface area contributed by atoms with Gasteiger partial charge in [-0.05, 0) is 32.1 Å². The summed E-state index contributed by atoms with van der Waals surface area (Å²) in [7, 11) is 1.32. The second kappa shape index (κ2) is 8.10. The third-order valence-corrected chi connectivity index (χ3v) is 3.61. The average molecular weight is 327 g/mol. The Bertz CT molecular complexity index is 748. The van der Waals surface area contributed by atoms with Gasteiger partial charge in [-0.2, -0.15) is 5.10 Å². The molecule has 0 aliphatic heterocycles. The van der Waals surface area contributed by atoms with Gasteiger partial charge in [0, 0.05) is 23.9 Å². The third-order valence-electron chi connectivity index (χ3n) is 3.61. The molecule has 24 heavy (non-hydrogen) atoms. The van der Waals surface area contributed by atoms with Crippen molar-refractivity contribution < 1.29 is 14.3 Å². The minimum atomic E-state index is -0.352. The Hall–Kier alpha value is -2.89.